The zero-order chi connectivity index (χ0) is 15.0. The summed E-state index contributed by atoms with van der Waals surface area (Å²) in [6, 6.07) is 8.03. The Morgan fingerprint density at radius 1 is 1.24 bits per heavy atom. The third-order valence-electron chi connectivity index (χ3n) is 3.09. The van der Waals surface area contributed by atoms with Crippen molar-refractivity contribution in [3.63, 3.8) is 0 Å². The van der Waals surface area contributed by atoms with Gasteiger partial charge in [0.25, 0.3) is 0 Å². The average molecular weight is 369 g/mol. The standard InChI is InChI=1S/C14H13BrN2O3S/c1-21(18,19)11-4-2-3-10(7-11)20-13-8-12(15)16-14(17-13)9-5-6-9/h2-4,7-9H,5-6H2,1H3. The van der Waals surface area contributed by atoms with Crippen LogP contribution in [0.5, 0.6) is 11.6 Å². The van der Waals surface area contributed by atoms with Crippen LogP contribution in [0, 0.1) is 0 Å². The SMILES string of the molecule is CS(=O)(=O)c1cccc(Oc2cc(Br)nc(C3CC3)n2)c1. The van der Waals surface area contributed by atoms with Gasteiger partial charge in [-0.15, -0.1) is 0 Å². The van der Waals surface area contributed by atoms with E-state index >= 15 is 0 Å². The lowest BCUT2D eigenvalue weighted by Crippen LogP contribution is -1.99. The molecule has 1 aliphatic carbocycles. The first-order valence-electron chi connectivity index (χ1n) is 6.44. The highest BCUT2D eigenvalue weighted by Gasteiger charge is 2.27. The van der Waals surface area contributed by atoms with Crippen LogP contribution in [0.3, 0.4) is 0 Å². The Kier molecular flexibility index (Phi) is 3.71. The Hall–Kier alpha value is -1.47. The van der Waals surface area contributed by atoms with Crippen LogP contribution in [0.25, 0.3) is 0 Å². The van der Waals surface area contributed by atoms with Gasteiger partial charge < -0.3 is 4.74 Å². The molecule has 5 nitrogen and oxygen atoms in total. The van der Waals surface area contributed by atoms with E-state index in [1.165, 1.54) is 18.4 Å². The molecule has 1 heterocycles. The summed E-state index contributed by atoms with van der Waals surface area (Å²) < 4.78 is 29.4. The molecule has 21 heavy (non-hydrogen) atoms. The Morgan fingerprint density at radius 2 is 2.00 bits per heavy atom. The molecule has 0 amide bonds. The number of nitrogens with zero attached hydrogens (tertiary/aromatic N) is 2. The summed E-state index contributed by atoms with van der Waals surface area (Å²) in [7, 11) is -3.26. The van der Waals surface area contributed by atoms with Gasteiger partial charge in [-0.3, -0.25) is 0 Å². The number of hydrogen-bond donors (Lipinski definition) is 0. The molecular weight excluding hydrogens is 356 g/mol. The third kappa shape index (κ3) is 3.59. The van der Waals surface area contributed by atoms with Crippen LogP contribution < -0.4 is 4.74 Å². The first-order valence-corrected chi connectivity index (χ1v) is 9.13. The molecule has 0 unspecified atom stereocenters. The summed E-state index contributed by atoms with van der Waals surface area (Å²) in [5.41, 5.74) is 0. The lowest BCUT2D eigenvalue weighted by Gasteiger charge is -2.08. The van der Waals surface area contributed by atoms with Crippen molar-refractivity contribution >= 4 is 25.8 Å². The van der Waals surface area contributed by atoms with Gasteiger partial charge in [-0.05, 0) is 47.0 Å². The molecule has 7 heteroatoms. The van der Waals surface area contributed by atoms with Crippen LogP contribution in [-0.4, -0.2) is 24.6 Å². The van der Waals surface area contributed by atoms with Crippen LogP contribution in [0.1, 0.15) is 24.6 Å². The summed E-state index contributed by atoms with van der Waals surface area (Å²) in [5.74, 6) is 2.01. The molecule has 1 aromatic heterocycles. The first-order chi connectivity index (χ1) is 9.91. The highest BCUT2D eigenvalue weighted by atomic mass is 79.9. The second-order valence-corrected chi connectivity index (χ2v) is 7.84. The largest absolute Gasteiger partial charge is 0.439 e. The maximum absolute atomic E-state index is 11.6. The predicted octanol–water partition coefficient (Wildman–Crippen LogP) is 3.31. The molecule has 0 spiro atoms. The molecule has 1 aliphatic rings. The molecule has 3 rings (SSSR count). The molecule has 0 radical (unpaired) electrons. The summed E-state index contributed by atoms with van der Waals surface area (Å²) >= 11 is 3.34. The Morgan fingerprint density at radius 3 is 2.67 bits per heavy atom. The van der Waals surface area contributed by atoms with E-state index in [1.807, 2.05) is 0 Å². The molecule has 1 saturated carbocycles. The number of rotatable bonds is 4. The number of halogens is 1. The van der Waals surface area contributed by atoms with E-state index in [0.717, 1.165) is 18.7 Å². The highest BCUT2D eigenvalue weighted by Crippen LogP contribution is 2.39. The Labute approximate surface area is 131 Å². The van der Waals surface area contributed by atoms with Gasteiger partial charge in [0.1, 0.15) is 16.2 Å². The van der Waals surface area contributed by atoms with E-state index in [4.69, 9.17) is 4.74 Å². The van der Waals surface area contributed by atoms with E-state index in [-0.39, 0.29) is 4.90 Å². The van der Waals surface area contributed by atoms with Crippen LogP contribution in [0.15, 0.2) is 39.8 Å². The number of hydrogen-bond acceptors (Lipinski definition) is 5. The molecule has 0 bridgehead atoms. The molecule has 110 valence electrons. The topological polar surface area (TPSA) is 69.2 Å². The monoisotopic (exact) mass is 368 g/mol. The van der Waals surface area contributed by atoms with Gasteiger partial charge in [0.15, 0.2) is 9.84 Å². The minimum atomic E-state index is -3.26. The van der Waals surface area contributed by atoms with E-state index in [2.05, 4.69) is 25.9 Å². The van der Waals surface area contributed by atoms with Gasteiger partial charge in [-0.25, -0.2) is 13.4 Å². The lowest BCUT2D eigenvalue weighted by atomic mass is 10.3. The van der Waals surface area contributed by atoms with Gasteiger partial charge in [0.05, 0.1) is 4.90 Å². The summed E-state index contributed by atoms with van der Waals surface area (Å²) in [6.45, 7) is 0. The summed E-state index contributed by atoms with van der Waals surface area (Å²) in [6.07, 6.45) is 3.36. The smallest absolute Gasteiger partial charge is 0.223 e. The van der Waals surface area contributed by atoms with Crippen LogP contribution >= 0.6 is 15.9 Å². The molecule has 1 aromatic carbocycles. The van der Waals surface area contributed by atoms with Crippen molar-refractivity contribution in [3.05, 3.63) is 40.8 Å². The molecule has 0 atom stereocenters. The molecule has 1 fully saturated rings. The fourth-order valence-corrected chi connectivity index (χ4v) is 2.91. The number of aromatic nitrogens is 2. The van der Waals surface area contributed by atoms with Crippen molar-refractivity contribution in [2.75, 3.05) is 6.26 Å². The molecular formula is C14H13BrN2O3S. The van der Waals surface area contributed by atoms with E-state index in [9.17, 15) is 8.42 Å². The predicted molar refractivity (Wildman–Crippen MR) is 81.3 cm³/mol. The van der Waals surface area contributed by atoms with E-state index in [0.29, 0.717) is 22.2 Å². The summed E-state index contributed by atoms with van der Waals surface area (Å²) in [4.78, 5) is 8.91. The molecule has 0 saturated heterocycles. The normalized spacial score (nSPS) is 15.0. The maximum atomic E-state index is 11.6. The Balaban J connectivity index is 1.90. The van der Waals surface area contributed by atoms with Crippen molar-refractivity contribution in [2.45, 2.75) is 23.7 Å². The lowest BCUT2D eigenvalue weighted by molar-refractivity contribution is 0.456. The van der Waals surface area contributed by atoms with Gasteiger partial charge in [0.2, 0.25) is 5.88 Å². The Bertz CT molecular complexity index is 789. The third-order valence-corrected chi connectivity index (χ3v) is 4.60. The molecule has 0 N–H and O–H groups in total. The zero-order valence-electron chi connectivity index (χ0n) is 11.3. The van der Waals surface area contributed by atoms with Crippen LogP contribution in [0.2, 0.25) is 0 Å². The van der Waals surface area contributed by atoms with Crippen molar-refractivity contribution in [3.8, 4) is 11.6 Å². The van der Waals surface area contributed by atoms with E-state index in [1.54, 1.807) is 18.2 Å². The van der Waals surface area contributed by atoms with Gasteiger partial charge >= 0.3 is 0 Å². The van der Waals surface area contributed by atoms with E-state index < -0.39 is 9.84 Å². The first kappa shape index (κ1) is 14.5. The minimum Gasteiger partial charge on any atom is -0.439 e. The number of sulfone groups is 1. The molecule has 0 aliphatic heterocycles. The number of ether oxygens (including phenoxy) is 1. The average Bonchev–Trinajstić information content (AvgIpc) is 3.21. The van der Waals surface area contributed by atoms with Crippen molar-refractivity contribution in [1.29, 1.82) is 0 Å². The van der Waals surface area contributed by atoms with Crippen LogP contribution in [-0.2, 0) is 9.84 Å². The minimum absolute atomic E-state index is 0.218. The zero-order valence-corrected chi connectivity index (χ0v) is 13.7. The fraction of sp³-hybridized carbons (Fsp3) is 0.286. The van der Waals surface area contributed by atoms with Crippen molar-refractivity contribution in [1.82, 2.24) is 9.97 Å². The second kappa shape index (κ2) is 5.38. The van der Waals surface area contributed by atoms with Gasteiger partial charge in [0, 0.05) is 18.2 Å². The van der Waals surface area contributed by atoms with Gasteiger partial charge in [-0.1, -0.05) is 6.07 Å². The molecule has 2 aromatic rings. The second-order valence-electron chi connectivity index (χ2n) is 5.01. The maximum Gasteiger partial charge on any atom is 0.223 e. The number of benzene rings is 1. The van der Waals surface area contributed by atoms with Gasteiger partial charge in [-0.2, -0.15) is 4.98 Å². The quantitative estimate of drug-likeness (QED) is 0.774. The van der Waals surface area contributed by atoms with Crippen molar-refractivity contribution < 1.29 is 13.2 Å². The van der Waals surface area contributed by atoms with Crippen molar-refractivity contribution in [2.24, 2.45) is 0 Å². The van der Waals surface area contributed by atoms with Crippen LogP contribution in [0.4, 0.5) is 0 Å². The fourth-order valence-electron chi connectivity index (χ4n) is 1.88. The highest BCUT2D eigenvalue weighted by molar-refractivity contribution is 9.10. The summed E-state index contributed by atoms with van der Waals surface area (Å²) in [5, 5.41) is 0.